The quantitative estimate of drug-likeness (QED) is 0.529. The minimum absolute atomic E-state index is 0.299. The summed E-state index contributed by atoms with van der Waals surface area (Å²) in [6, 6.07) is 0. The van der Waals surface area contributed by atoms with Gasteiger partial charge in [0.2, 0.25) is 0 Å². The van der Waals surface area contributed by atoms with Crippen LogP contribution in [0.1, 0.15) is 27.2 Å². The Kier molecular flexibility index (Phi) is 1.15. The zero-order valence-corrected chi connectivity index (χ0v) is 6.11. The molecule has 0 aromatic rings. The number of alkyl halides is 1. The van der Waals surface area contributed by atoms with E-state index in [-0.39, 0.29) is 5.41 Å². The van der Waals surface area contributed by atoms with Gasteiger partial charge in [-0.05, 0) is 5.41 Å². The summed E-state index contributed by atoms with van der Waals surface area (Å²) < 4.78 is 12.4. The molecule has 2 heteroatoms. The zero-order valence-electron chi connectivity index (χ0n) is 6.11. The van der Waals surface area contributed by atoms with E-state index >= 15 is 0 Å². The highest BCUT2D eigenvalue weighted by molar-refractivity contribution is 5.11. The molecule has 0 aromatic heterocycles. The van der Waals surface area contributed by atoms with Crippen LogP contribution in [-0.2, 0) is 0 Å². The molecular formula is C7H13FO. The molecule has 0 amide bonds. The first-order valence-electron chi connectivity index (χ1n) is 3.24. The van der Waals surface area contributed by atoms with Crippen LogP contribution in [0.3, 0.4) is 0 Å². The average Bonchev–Trinajstić information content (AvgIpc) is 2.13. The van der Waals surface area contributed by atoms with Gasteiger partial charge in [0.05, 0.1) is 0 Å². The Morgan fingerprint density at radius 1 is 1.56 bits per heavy atom. The SMILES string of the molecule is CC(C)(C)C1(O)CC1F. The van der Waals surface area contributed by atoms with E-state index in [0.29, 0.717) is 6.42 Å². The predicted molar refractivity (Wildman–Crippen MR) is 33.9 cm³/mol. The Bertz CT molecular complexity index is 127. The van der Waals surface area contributed by atoms with Gasteiger partial charge >= 0.3 is 0 Å². The van der Waals surface area contributed by atoms with Crippen molar-refractivity contribution < 1.29 is 9.50 Å². The van der Waals surface area contributed by atoms with Crippen molar-refractivity contribution in [2.24, 2.45) is 5.41 Å². The van der Waals surface area contributed by atoms with Gasteiger partial charge in [0.15, 0.2) is 0 Å². The molecule has 2 unspecified atom stereocenters. The van der Waals surface area contributed by atoms with Crippen LogP contribution in [-0.4, -0.2) is 16.9 Å². The topological polar surface area (TPSA) is 20.2 Å². The lowest BCUT2D eigenvalue weighted by molar-refractivity contribution is 0.0151. The van der Waals surface area contributed by atoms with E-state index < -0.39 is 11.8 Å². The number of hydrogen-bond donors (Lipinski definition) is 1. The van der Waals surface area contributed by atoms with Crippen molar-refractivity contribution in [2.45, 2.75) is 39.0 Å². The molecule has 1 aliphatic carbocycles. The van der Waals surface area contributed by atoms with E-state index in [1.165, 1.54) is 0 Å². The monoisotopic (exact) mass is 132 g/mol. The van der Waals surface area contributed by atoms with E-state index in [1.807, 2.05) is 20.8 Å². The molecule has 0 spiro atoms. The number of hydrogen-bond acceptors (Lipinski definition) is 1. The van der Waals surface area contributed by atoms with Crippen molar-refractivity contribution in [3.8, 4) is 0 Å². The second-order valence-corrected chi connectivity index (χ2v) is 3.85. The Morgan fingerprint density at radius 3 is 1.89 bits per heavy atom. The van der Waals surface area contributed by atoms with Crippen molar-refractivity contribution in [2.75, 3.05) is 0 Å². The standard InChI is InChI=1S/C7H13FO/c1-6(2,3)7(9)4-5(7)8/h5,9H,4H2,1-3H3. The highest BCUT2D eigenvalue weighted by atomic mass is 19.1. The van der Waals surface area contributed by atoms with E-state index in [9.17, 15) is 9.50 Å². The van der Waals surface area contributed by atoms with Gasteiger partial charge < -0.3 is 5.11 Å². The van der Waals surface area contributed by atoms with Crippen LogP contribution in [0.4, 0.5) is 4.39 Å². The van der Waals surface area contributed by atoms with Gasteiger partial charge in [-0.25, -0.2) is 4.39 Å². The Labute approximate surface area is 54.9 Å². The second kappa shape index (κ2) is 1.48. The Morgan fingerprint density at radius 2 is 1.89 bits per heavy atom. The molecule has 0 aliphatic heterocycles. The number of aliphatic hydroxyl groups is 1. The maximum absolute atomic E-state index is 12.4. The smallest absolute Gasteiger partial charge is 0.132 e. The summed E-state index contributed by atoms with van der Waals surface area (Å²) in [7, 11) is 0. The largest absolute Gasteiger partial charge is 0.386 e. The minimum atomic E-state index is -1.02. The van der Waals surface area contributed by atoms with Gasteiger partial charge in [-0.15, -0.1) is 0 Å². The fourth-order valence-electron chi connectivity index (χ4n) is 0.990. The number of halogens is 1. The van der Waals surface area contributed by atoms with Gasteiger partial charge in [0.1, 0.15) is 11.8 Å². The van der Waals surface area contributed by atoms with Crippen molar-refractivity contribution in [3.05, 3.63) is 0 Å². The zero-order chi connectivity index (χ0) is 7.28. The third-order valence-electron chi connectivity index (χ3n) is 2.15. The summed E-state index contributed by atoms with van der Waals surface area (Å²) in [5, 5.41) is 9.36. The first-order valence-corrected chi connectivity index (χ1v) is 3.24. The molecule has 1 fully saturated rings. The van der Waals surface area contributed by atoms with Crippen LogP contribution >= 0.6 is 0 Å². The molecule has 0 aromatic carbocycles. The summed E-state index contributed by atoms with van der Waals surface area (Å²) >= 11 is 0. The van der Waals surface area contributed by atoms with Crippen LogP contribution in [0.2, 0.25) is 0 Å². The van der Waals surface area contributed by atoms with Crippen molar-refractivity contribution in [1.82, 2.24) is 0 Å². The van der Waals surface area contributed by atoms with Gasteiger partial charge in [0.25, 0.3) is 0 Å². The molecule has 9 heavy (non-hydrogen) atoms. The average molecular weight is 132 g/mol. The molecule has 1 saturated carbocycles. The first-order chi connectivity index (χ1) is 3.88. The molecule has 0 bridgehead atoms. The fourth-order valence-corrected chi connectivity index (χ4v) is 0.990. The maximum atomic E-state index is 12.4. The third-order valence-corrected chi connectivity index (χ3v) is 2.15. The van der Waals surface area contributed by atoms with Crippen LogP contribution in [0, 0.1) is 5.41 Å². The summed E-state index contributed by atoms with van der Waals surface area (Å²) in [5.41, 5.74) is -1.32. The highest BCUT2D eigenvalue weighted by Gasteiger charge is 2.61. The Balaban J connectivity index is 2.64. The highest BCUT2D eigenvalue weighted by Crippen LogP contribution is 2.51. The molecule has 0 heterocycles. The lowest BCUT2D eigenvalue weighted by Crippen LogP contribution is -2.30. The molecule has 1 nitrogen and oxygen atoms in total. The summed E-state index contributed by atoms with van der Waals surface area (Å²) in [6.07, 6.45) is -0.672. The second-order valence-electron chi connectivity index (χ2n) is 3.85. The molecule has 1 aliphatic rings. The van der Waals surface area contributed by atoms with E-state index in [0.717, 1.165) is 0 Å². The molecule has 1 rings (SSSR count). The van der Waals surface area contributed by atoms with Crippen LogP contribution in [0.25, 0.3) is 0 Å². The van der Waals surface area contributed by atoms with Gasteiger partial charge in [-0.1, -0.05) is 20.8 Å². The molecule has 0 radical (unpaired) electrons. The molecule has 2 atom stereocenters. The summed E-state index contributed by atoms with van der Waals surface area (Å²) in [4.78, 5) is 0. The molecule has 54 valence electrons. The third kappa shape index (κ3) is 0.855. The van der Waals surface area contributed by atoms with Crippen LogP contribution < -0.4 is 0 Å². The van der Waals surface area contributed by atoms with Gasteiger partial charge in [-0.3, -0.25) is 0 Å². The minimum Gasteiger partial charge on any atom is -0.386 e. The summed E-state index contributed by atoms with van der Waals surface area (Å²) in [5.74, 6) is 0. The lowest BCUT2D eigenvalue weighted by atomic mass is 9.87. The molecule has 0 saturated heterocycles. The van der Waals surface area contributed by atoms with E-state index in [4.69, 9.17) is 0 Å². The predicted octanol–water partition coefficient (Wildman–Crippen LogP) is 1.51. The fraction of sp³-hybridized carbons (Fsp3) is 1.00. The van der Waals surface area contributed by atoms with Crippen LogP contribution in [0.5, 0.6) is 0 Å². The Hall–Kier alpha value is -0.110. The van der Waals surface area contributed by atoms with E-state index in [1.54, 1.807) is 0 Å². The first kappa shape index (κ1) is 7.00. The van der Waals surface area contributed by atoms with Gasteiger partial charge in [0, 0.05) is 6.42 Å². The normalized spacial score (nSPS) is 43.0. The number of rotatable bonds is 0. The molecule has 1 N–H and O–H groups in total. The van der Waals surface area contributed by atoms with E-state index in [2.05, 4.69) is 0 Å². The van der Waals surface area contributed by atoms with Crippen molar-refractivity contribution in [3.63, 3.8) is 0 Å². The van der Waals surface area contributed by atoms with Gasteiger partial charge in [-0.2, -0.15) is 0 Å². The van der Waals surface area contributed by atoms with Crippen molar-refractivity contribution in [1.29, 1.82) is 0 Å². The summed E-state index contributed by atoms with van der Waals surface area (Å²) in [6.45, 7) is 5.56. The maximum Gasteiger partial charge on any atom is 0.132 e. The van der Waals surface area contributed by atoms with Crippen LogP contribution in [0.15, 0.2) is 0 Å². The lowest BCUT2D eigenvalue weighted by Gasteiger charge is -2.24. The molecular weight excluding hydrogens is 119 g/mol. The van der Waals surface area contributed by atoms with Crippen molar-refractivity contribution >= 4 is 0 Å².